The maximum atomic E-state index is 12.3. The van der Waals surface area contributed by atoms with Crippen molar-refractivity contribution in [2.75, 3.05) is 5.32 Å². The van der Waals surface area contributed by atoms with Gasteiger partial charge in [-0.3, -0.25) is 4.79 Å². The lowest BCUT2D eigenvalue weighted by molar-refractivity contribution is -0.254. The maximum Gasteiger partial charge on any atom is 0.256 e. The van der Waals surface area contributed by atoms with Crippen molar-refractivity contribution < 1.29 is 14.7 Å². The Morgan fingerprint density at radius 2 is 1.82 bits per heavy atom. The Bertz CT molecular complexity index is 701. The summed E-state index contributed by atoms with van der Waals surface area (Å²) < 4.78 is 0. The molecule has 4 nitrogen and oxygen atoms in total. The molecule has 0 saturated carbocycles. The van der Waals surface area contributed by atoms with Gasteiger partial charge in [-0.25, -0.2) is 0 Å². The molecule has 1 amide bonds. The molecule has 116 valence electrons. The van der Waals surface area contributed by atoms with Gasteiger partial charge in [0, 0.05) is 16.0 Å². The van der Waals surface area contributed by atoms with Gasteiger partial charge in [0.05, 0.1) is 5.97 Å². The molecule has 0 aliphatic carbocycles. The molecule has 0 aliphatic rings. The van der Waals surface area contributed by atoms with E-state index in [9.17, 15) is 14.7 Å². The second-order valence-electron chi connectivity index (χ2n) is 5.21. The van der Waals surface area contributed by atoms with Gasteiger partial charge in [-0.05, 0) is 38.0 Å². The van der Waals surface area contributed by atoms with Crippen LogP contribution in [0.25, 0.3) is 0 Å². The molecule has 5 heteroatoms. The van der Waals surface area contributed by atoms with Crippen LogP contribution < -0.4 is 10.4 Å². The van der Waals surface area contributed by atoms with Crippen LogP contribution in [0.2, 0.25) is 0 Å². The summed E-state index contributed by atoms with van der Waals surface area (Å²) in [6, 6.07) is 7.13. The number of hydrogen-bond donors (Lipinski definition) is 1. The molecule has 0 spiro atoms. The minimum atomic E-state index is -1.25. The van der Waals surface area contributed by atoms with E-state index in [0.717, 1.165) is 23.3 Å². The van der Waals surface area contributed by atoms with E-state index in [1.54, 1.807) is 19.1 Å². The number of carboxylic acids is 1. The first-order valence-corrected chi connectivity index (χ1v) is 7.97. The summed E-state index contributed by atoms with van der Waals surface area (Å²) in [7, 11) is 0. The van der Waals surface area contributed by atoms with E-state index in [1.165, 1.54) is 11.3 Å². The third-order valence-electron chi connectivity index (χ3n) is 3.47. The highest BCUT2D eigenvalue weighted by Crippen LogP contribution is 2.33. The molecule has 1 aromatic carbocycles. The van der Waals surface area contributed by atoms with E-state index in [4.69, 9.17) is 0 Å². The lowest BCUT2D eigenvalue weighted by atomic mass is 10.1. The molecule has 22 heavy (non-hydrogen) atoms. The SMILES string of the molecule is CCCc1sc(NC(=O)c2ccc(C)cc2)c(C(=O)[O-])c1C. The van der Waals surface area contributed by atoms with Gasteiger partial charge in [0.2, 0.25) is 0 Å². The van der Waals surface area contributed by atoms with Crippen LogP contribution in [0, 0.1) is 13.8 Å². The van der Waals surface area contributed by atoms with Gasteiger partial charge in [-0.15, -0.1) is 11.3 Å². The first kappa shape index (κ1) is 16.2. The van der Waals surface area contributed by atoms with Crippen molar-refractivity contribution in [1.29, 1.82) is 0 Å². The molecule has 0 atom stereocenters. The van der Waals surface area contributed by atoms with Crippen molar-refractivity contribution in [1.82, 2.24) is 0 Å². The van der Waals surface area contributed by atoms with Crippen molar-refractivity contribution in [2.24, 2.45) is 0 Å². The molecule has 2 aromatic rings. The fourth-order valence-electron chi connectivity index (χ4n) is 2.24. The van der Waals surface area contributed by atoms with Gasteiger partial charge < -0.3 is 15.2 Å². The van der Waals surface area contributed by atoms with Crippen LogP contribution in [0.4, 0.5) is 5.00 Å². The van der Waals surface area contributed by atoms with Crippen LogP contribution in [0.15, 0.2) is 24.3 Å². The normalized spacial score (nSPS) is 10.5. The Hall–Kier alpha value is -2.14. The molecular weight excluding hydrogens is 298 g/mol. The fourth-order valence-corrected chi connectivity index (χ4v) is 3.53. The molecule has 0 aliphatic heterocycles. The molecule has 0 saturated heterocycles. The van der Waals surface area contributed by atoms with E-state index in [0.29, 0.717) is 16.1 Å². The second kappa shape index (κ2) is 6.75. The number of carboxylic acid groups (broad SMARTS) is 1. The minimum Gasteiger partial charge on any atom is -0.545 e. The molecule has 2 rings (SSSR count). The van der Waals surface area contributed by atoms with E-state index < -0.39 is 5.97 Å². The quantitative estimate of drug-likeness (QED) is 0.922. The van der Waals surface area contributed by atoms with Crippen molar-refractivity contribution in [3.63, 3.8) is 0 Å². The summed E-state index contributed by atoms with van der Waals surface area (Å²) in [5.41, 5.74) is 2.34. The van der Waals surface area contributed by atoms with Crippen LogP contribution in [0.1, 0.15) is 50.1 Å². The smallest absolute Gasteiger partial charge is 0.256 e. The average Bonchev–Trinajstić information content (AvgIpc) is 2.76. The van der Waals surface area contributed by atoms with Gasteiger partial charge >= 0.3 is 0 Å². The van der Waals surface area contributed by atoms with Crippen LogP contribution in [-0.4, -0.2) is 11.9 Å². The number of amides is 1. The van der Waals surface area contributed by atoms with E-state index in [2.05, 4.69) is 5.32 Å². The Kier molecular flexibility index (Phi) is 4.98. The third-order valence-corrected chi connectivity index (χ3v) is 4.73. The number of hydrogen-bond acceptors (Lipinski definition) is 4. The Morgan fingerprint density at radius 3 is 2.36 bits per heavy atom. The highest BCUT2D eigenvalue weighted by Gasteiger charge is 2.18. The molecule has 0 fully saturated rings. The number of aryl methyl sites for hydroxylation is 2. The second-order valence-corrected chi connectivity index (χ2v) is 6.32. The summed E-state index contributed by atoms with van der Waals surface area (Å²) in [5, 5.41) is 14.4. The summed E-state index contributed by atoms with van der Waals surface area (Å²) in [6.45, 7) is 5.73. The Balaban J connectivity index is 2.32. The molecule has 0 radical (unpaired) electrons. The van der Waals surface area contributed by atoms with Crippen molar-refractivity contribution in [3.05, 3.63) is 51.4 Å². The zero-order valence-corrected chi connectivity index (χ0v) is 13.7. The van der Waals surface area contributed by atoms with Crippen LogP contribution in [-0.2, 0) is 6.42 Å². The lowest BCUT2D eigenvalue weighted by Gasteiger charge is -2.08. The van der Waals surface area contributed by atoms with Gasteiger partial charge in [0.15, 0.2) is 0 Å². The zero-order valence-electron chi connectivity index (χ0n) is 12.9. The summed E-state index contributed by atoms with van der Waals surface area (Å²) in [4.78, 5) is 24.6. The average molecular weight is 316 g/mol. The van der Waals surface area contributed by atoms with Crippen molar-refractivity contribution >= 4 is 28.2 Å². The standard InChI is InChI=1S/C17H19NO3S/c1-4-5-13-11(3)14(17(20)21)16(22-13)18-15(19)12-8-6-10(2)7-9-12/h6-9H,4-5H2,1-3H3,(H,18,19)(H,20,21)/p-1. The molecule has 1 N–H and O–H groups in total. The molecule has 0 bridgehead atoms. The number of carbonyl (C=O) groups is 2. The Morgan fingerprint density at radius 1 is 1.18 bits per heavy atom. The number of nitrogens with one attached hydrogen (secondary N) is 1. The zero-order chi connectivity index (χ0) is 16.3. The predicted molar refractivity (Wildman–Crippen MR) is 86.5 cm³/mol. The molecule has 1 heterocycles. The maximum absolute atomic E-state index is 12.3. The number of anilines is 1. The van der Waals surface area contributed by atoms with Crippen LogP contribution >= 0.6 is 11.3 Å². The molecule has 1 aromatic heterocycles. The number of aromatic carboxylic acids is 1. The van der Waals surface area contributed by atoms with E-state index >= 15 is 0 Å². The number of thiophene rings is 1. The lowest BCUT2D eigenvalue weighted by Crippen LogP contribution is -2.24. The third kappa shape index (κ3) is 3.36. The predicted octanol–water partition coefficient (Wildman–Crippen LogP) is 2.93. The minimum absolute atomic E-state index is 0.0916. The van der Waals surface area contributed by atoms with Crippen molar-refractivity contribution in [2.45, 2.75) is 33.6 Å². The Labute approximate surface area is 133 Å². The fraction of sp³-hybridized carbons (Fsp3) is 0.294. The first-order chi connectivity index (χ1) is 10.4. The molecular formula is C17H18NO3S-. The number of carbonyl (C=O) groups excluding carboxylic acids is 2. The van der Waals surface area contributed by atoms with Crippen LogP contribution in [0.5, 0.6) is 0 Å². The van der Waals surface area contributed by atoms with Gasteiger partial charge in [0.1, 0.15) is 5.00 Å². The summed E-state index contributed by atoms with van der Waals surface area (Å²) >= 11 is 1.31. The van der Waals surface area contributed by atoms with Crippen molar-refractivity contribution in [3.8, 4) is 0 Å². The summed E-state index contributed by atoms with van der Waals surface area (Å²) in [6.07, 6.45) is 1.70. The van der Waals surface area contributed by atoms with Crippen LogP contribution in [0.3, 0.4) is 0 Å². The highest BCUT2D eigenvalue weighted by atomic mass is 32.1. The monoisotopic (exact) mass is 316 g/mol. The van der Waals surface area contributed by atoms with E-state index in [1.807, 2.05) is 26.0 Å². The van der Waals surface area contributed by atoms with Gasteiger partial charge in [-0.1, -0.05) is 31.0 Å². The van der Waals surface area contributed by atoms with E-state index in [-0.39, 0.29) is 11.5 Å². The first-order valence-electron chi connectivity index (χ1n) is 7.15. The summed E-state index contributed by atoms with van der Waals surface area (Å²) in [5.74, 6) is -1.57. The largest absolute Gasteiger partial charge is 0.545 e. The topological polar surface area (TPSA) is 69.2 Å². The number of rotatable bonds is 5. The van der Waals surface area contributed by atoms with Gasteiger partial charge in [0.25, 0.3) is 5.91 Å². The molecule has 0 unspecified atom stereocenters. The van der Waals surface area contributed by atoms with Gasteiger partial charge in [-0.2, -0.15) is 0 Å². The highest BCUT2D eigenvalue weighted by molar-refractivity contribution is 7.17. The number of benzene rings is 1.